The van der Waals surface area contributed by atoms with Gasteiger partial charge in [-0.25, -0.2) is 4.39 Å². The van der Waals surface area contributed by atoms with E-state index >= 15 is 0 Å². The van der Waals surface area contributed by atoms with Gasteiger partial charge in [0.05, 0.1) is 11.6 Å². The van der Waals surface area contributed by atoms with Crippen molar-refractivity contribution in [2.45, 2.75) is 26.4 Å². The lowest BCUT2D eigenvalue weighted by atomic mass is 10.1. The van der Waals surface area contributed by atoms with E-state index in [9.17, 15) is 9.50 Å². The molecular weight excluding hydrogens is 231 g/mol. The SMILES string of the molecule is Cc1cc(NCCC(C)O)c2cc(F)ccc2n1. The molecule has 0 aliphatic heterocycles. The van der Waals surface area contributed by atoms with E-state index in [0.717, 1.165) is 22.3 Å². The Labute approximate surface area is 106 Å². The number of aromatic nitrogens is 1. The Kier molecular flexibility index (Phi) is 3.77. The summed E-state index contributed by atoms with van der Waals surface area (Å²) in [4.78, 5) is 4.36. The van der Waals surface area contributed by atoms with Gasteiger partial charge in [-0.2, -0.15) is 0 Å². The molecule has 0 saturated heterocycles. The topological polar surface area (TPSA) is 45.1 Å². The van der Waals surface area contributed by atoms with Gasteiger partial charge in [0.15, 0.2) is 0 Å². The zero-order valence-corrected chi connectivity index (χ0v) is 10.6. The van der Waals surface area contributed by atoms with Crippen molar-refractivity contribution in [3.63, 3.8) is 0 Å². The molecule has 0 fully saturated rings. The molecule has 1 aromatic carbocycles. The number of aliphatic hydroxyl groups excluding tert-OH is 1. The molecular formula is C14H17FN2O. The third kappa shape index (κ3) is 2.96. The Morgan fingerprint density at radius 1 is 1.39 bits per heavy atom. The average molecular weight is 248 g/mol. The summed E-state index contributed by atoms with van der Waals surface area (Å²) in [5.74, 6) is -0.272. The number of aryl methyl sites for hydroxylation is 1. The first-order valence-electron chi connectivity index (χ1n) is 6.05. The Bertz CT molecular complexity index is 555. The molecule has 0 spiro atoms. The van der Waals surface area contributed by atoms with Crippen LogP contribution in [0.3, 0.4) is 0 Å². The number of nitrogens with one attached hydrogen (secondary N) is 1. The molecule has 18 heavy (non-hydrogen) atoms. The van der Waals surface area contributed by atoms with Crippen LogP contribution in [0.4, 0.5) is 10.1 Å². The molecule has 2 aromatic rings. The first-order chi connectivity index (χ1) is 8.56. The molecule has 0 saturated carbocycles. The van der Waals surface area contributed by atoms with E-state index in [1.54, 1.807) is 13.0 Å². The first kappa shape index (κ1) is 12.8. The predicted octanol–water partition coefficient (Wildman–Crippen LogP) is 2.87. The maximum Gasteiger partial charge on any atom is 0.124 e. The number of pyridine rings is 1. The molecule has 0 bridgehead atoms. The fourth-order valence-corrected chi connectivity index (χ4v) is 1.89. The second kappa shape index (κ2) is 5.31. The van der Waals surface area contributed by atoms with Crippen LogP contribution in [-0.2, 0) is 0 Å². The maximum absolute atomic E-state index is 13.3. The highest BCUT2D eigenvalue weighted by Gasteiger charge is 2.05. The van der Waals surface area contributed by atoms with Crippen LogP contribution < -0.4 is 5.32 Å². The largest absolute Gasteiger partial charge is 0.393 e. The molecule has 1 aromatic heterocycles. The molecule has 1 unspecified atom stereocenters. The Hall–Kier alpha value is -1.68. The molecule has 1 heterocycles. The van der Waals surface area contributed by atoms with Crippen molar-refractivity contribution in [3.05, 3.63) is 35.8 Å². The number of benzene rings is 1. The van der Waals surface area contributed by atoms with Crippen LogP contribution in [0.1, 0.15) is 19.0 Å². The Morgan fingerprint density at radius 3 is 2.89 bits per heavy atom. The average Bonchev–Trinajstić information content (AvgIpc) is 2.29. The van der Waals surface area contributed by atoms with Crippen LogP contribution in [0.15, 0.2) is 24.3 Å². The molecule has 4 heteroatoms. The lowest BCUT2D eigenvalue weighted by Crippen LogP contribution is -2.10. The van der Waals surface area contributed by atoms with E-state index in [4.69, 9.17) is 0 Å². The number of halogens is 1. The molecule has 0 aliphatic carbocycles. The van der Waals surface area contributed by atoms with Crippen molar-refractivity contribution in [2.75, 3.05) is 11.9 Å². The van der Waals surface area contributed by atoms with Crippen molar-refractivity contribution in [3.8, 4) is 0 Å². The normalized spacial score (nSPS) is 12.7. The highest BCUT2D eigenvalue weighted by molar-refractivity contribution is 5.91. The number of fused-ring (bicyclic) bond motifs is 1. The van der Waals surface area contributed by atoms with Crippen molar-refractivity contribution in [2.24, 2.45) is 0 Å². The molecule has 2 rings (SSSR count). The van der Waals surface area contributed by atoms with Crippen LogP contribution in [0.5, 0.6) is 0 Å². The molecule has 0 amide bonds. The van der Waals surface area contributed by atoms with Gasteiger partial charge in [-0.15, -0.1) is 0 Å². The maximum atomic E-state index is 13.3. The molecule has 96 valence electrons. The second-order valence-corrected chi connectivity index (χ2v) is 4.54. The number of aliphatic hydroxyl groups is 1. The van der Waals surface area contributed by atoms with Crippen LogP contribution in [0, 0.1) is 12.7 Å². The van der Waals surface area contributed by atoms with Gasteiger partial charge in [-0.1, -0.05) is 0 Å². The number of anilines is 1. The predicted molar refractivity (Wildman–Crippen MR) is 71.2 cm³/mol. The van der Waals surface area contributed by atoms with Crippen molar-refractivity contribution in [1.29, 1.82) is 0 Å². The minimum atomic E-state index is -0.344. The molecule has 0 aliphatic rings. The van der Waals surface area contributed by atoms with Gasteiger partial charge in [0, 0.05) is 23.3 Å². The monoisotopic (exact) mass is 248 g/mol. The smallest absolute Gasteiger partial charge is 0.124 e. The molecule has 1 atom stereocenters. The lowest BCUT2D eigenvalue weighted by molar-refractivity contribution is 0.189. The van der Waals surface area contributed by atoms with Gasteiger partial charge in [0.25, 0.3) is 0 Å². The first-order valence-corrected chi connectivity index (χ1v) is 6.05. The summed E-state index contributed by atoms with van der Waals surface area (Å²) in [6, 6.07) is 6.46. The van der Waals surface area contributed by atoms with Crippen LogP contribution in [0.2, 0.25) is 0 Å². The zero-order chi connectivity index (χ0) is 13.1. The van der Waals surface area contributed by atoms with E-state index in [2.05, 4.69) is 10.3 Å². The van der Waals surface area contributed by atoms with E-state index in [1.165, 1.54) is 12.1 Å². The zero-order valence-electron chi connectivity index (χ0n) is 10.6. The van der Waals surface area contributed by atoms with Gasteiger partial charge >= 0.3 is 0 Å². The fraction of sp³-hybridized carbons (Fsp3) is 0.357. The number of rotatable bonds is 4. The van der Waals surface area contributed by atoms with Crippen molar-refractivity contribution >= 4 is 16.6 Å². The lowest BCUT2D eigenvalue weighted by Gasteiger charge is -2.11. The number of hydrogen-bond acceptors (Lipinski definition) is 3. The summed E-state index contributed by atoms with van der Waals surface area (Å²) in [5, 5.41) is 13.2. The highest BCUT2D eigenvalue weighted by Crippen LogP contribution is 2.24. The van der Waals surface area contributed by atoms with E-state index in [1.807, 2.05) is 13.0 Å². The van der Waals surface area contributed by atoms with Gasteiger partial charge in [-0.05, 0) is 44.5 Å². The van der Waals surface area contributed by atoms with Gasteiger partial charge < -0.3 is 10.4 Å². The van der Waals surface area contributed by atoms with E-state index in [0.29, 0.717) is 13.0 Å². The van der Waals surface area contributed by atoms with Crippen molar-refractivity contribution < 1.29 is 9.50 Å². The number of hydrogen-bond donors (Lipinski definition) is 2. The second-order valence-electron chi connectivity index (χ2n) is 4.54. The standard InChI is InChI=1S/C14H17FN2O/c1-9-7-14(16-6-5-10(2)18)12-8-11(15)3-4-13(12)17-9/h3-4,7-8,10,18H,5-6H2,1-2H3,(H,16,17). The minimum Gasteiger partial charge on any atom is -0.393 e. The van der Waals surface area contributed by atoms with Crippen molar-refractivity contribution in [1.82, 2.24) is 4.98 Å². The van der Waals surface area contributed by atoms with Gasteiger partial charge in [0.2, 0.25) is 0 Å². The van der Waals surface area contributed by atoms with E-state index < -0.39 is 0 Å². The van der Waals surface area contributed by atoms with E-state index in [-0.39, 0.29) is 11.9 Å². The molecule has 2 N–H and O–H groups in total. The Morgan fingerprint density at radius 2 is 2.17 bits per heavy atom. The van der Waals surface area contributed by atoms with Gasteiger partial charge in [0.1, 0.15) is 5.82 Å². The summed E-state index contributed by atoms with van der Waals surface area (Å²) >= 11 is 0. The summed E-state index contributed by atoms with van der Waals surface area (Å²) in [7, 11) is 0. The summed E-state index contributed by atoms with van der Waals surface area (Å²) in [6.45, 7) is 4.30. The minimum absolute atomic E-state index is 0.272. The highest BCUT2D eigenvalue weighted by atomic mass is 19.1. The third-order valence-corrected chi connectivity index (χ3v) is 2.78. The quantitative estimate of drug-likeness (QED) is 0.874. The summed E-state index contributed by atoms with van der Waals surface area (Å²) < 4.78 is 13.3. The van der Waals surface area contributed by atoms with Crippen LogP contribution in [-0.4, -0.2) is 22.7 Å². The summed E-state index contributed by atoms with van der Waals surface area (Å²) in [6.07, 6.45) is 0.307. The molecule has 3 nitrogen and oxygen atoms in total. The third-order valence-electron chi connectivity index (χ3n) is 2.78. The fourth-order valence-electron chi connectivity index (χ4n) is 1.89. The van der Waals surface area contributed by atoms with Gasteiger partial charge in [-0.3, -0.25) is 4.98 Å². The molecule has 0 radical (unpaired) electrons. The number of nitrogens with zero attached hydrogens (tertiary/aromatic N) is 1. The van der Waals surface area contributed by atoms with Crippen LogP contribution in [0.25, 0.3) is 10.9 Å². The van der Waals surface area contributed by atoms with Crippen LogP contribution >= 0.6 is 0 Å². The summed E-state index contributed by atoms with van der Waals surface area (Å²) in [5.41, 5.74) is 2.52. The Balaban J connectivity index is 2.32.